The summed E-state index contributed by atoms with van der Waals surface area (Å²) in [5.74, 6) is 0.504. The molecule has 0 heterocycles. The number of rotatable bonds is 10. The van der Waals surface area contributed by atoms with Gasteiger partial charge in [0.15, 0.2) is 0 Å². The highest BCUT2D eigenvalue weighted by atomic mass is 16.1. The van der Waals surface area contributed by atoms with Gasteiger partial charge in [0.25, 0.3) is 0 Å². The van der Waals surface area contributed by atoms with E-state index in [9.17, 15) is 4.79 Å². The summed E-state index contributed by atoms with van der Waals surface area (Å²) in [4.78, 5) is 13.8. The van der Waals surface area contributed by atoms with E-state index in [4.69, 9.17) is 5.73 Å². The van der Waals surface area contributed by atoms with Crippen LogP contribution in [0.3, 0.4) is 0 Å². The van der Waals surface area contributed by atoms with Crippen molar-refractivity contribution in [3.63, 3.8) is 0 Å². The van der Waals surface area contributed by atoms with Gasteiger partial charge in [0.05, 0.1) is 6.04 Å². The average molecular weight is 255 g/mol. The van der Waals surface area contributed by atoms with Gasteiger partial charge in [-0.05, 0) is 25.3 Å². The van der Waals surface area contributed by atoms with Gasteiger partial charge in [-0.15, -0.1) is 0 Å². The second-order valence-corrected chi connectivity index (χ2v) is 5.43. The highest BCUT2D eigenvalue weighted by Gasteiger charge is 2.28. The van der Waals surface area contributed by atoms with Crippen molar-refractivity contribution in [2.75, 3.05) is 19.6 Å². The second kappa shape index (κ2) is 7.74. The zero-order chi connectivity index (χ0) is 13.5. The van der Waals surface area contributed by atoms with Crippen LogP contribution in [0.4, 0.5) is 0 Å². The van der Waals surface area contributed by atoms with Gasteiger partial charge in [-0.3, -0.25) is 4.79 Å². The minimum Gasteiger partial charge on any atom is -0.368 e. The van der Waals surface area contributed by atoms with Crippen LogP contribution in [-0.2, 0) is 4.79 Å². The molecule has 0 bridgehead atoms. The predicted molar refractivity (Wildman–Crippen MR) is 75.3 cm³/mol. The summed E-state index contributed by atoms with van der Waals surface area (Å²) in [5, 5.41) is 3.35. The highest BCUT2D eigenvalue weighted by Crippen LogP contribution is 2.19. The number of nitrogens with one attached hydrogen (secondary N) is 1. The summed E-state index contributed by atoms with van der Waals surface area (Å²) in [6, 6.07) is 0.334. The van der Waals surface area contributed by atoms with Crippen molar-refractivity contribution in [3.8, 4) is 0 Å². The van der Waals surface area contributed by atoms with Crippen LogP contribution in [0.15, 0.2) is 0 Å². The zero-order valence-corrected chi connectivity index (χ0v) is 12.1. The van der Waals surface area contributed by atoms with E-state index in [1.54, 1.807) is 0 Å². The second-order valence-electron chi connectivity index (χ2n) is 5.43. The molecule has 0 aromatic rings. The van der Waals surface area contributed by atoms with Crippen LogP contribution < -0.4 is 11.1 Å². The summed E-state index contributed by atoms with van der Waals surface area (Å²) in [5.41, 5.74) is 5.48. The maximum Gasteiger partial charge on any atom is 0.235 e. The lowest BCUT2D eigenvalue weighted by Crippen LogP contribution is -2.50. The topological polar surface area (TPSA) is 58.4 Å². The van der Waals surface area contributed by atoms with Crippen molar-refractivity contribution < 1.29 is 4.79 Å². The summed E-state index contributed by atoms with van der Waals surface area (Å²) in [7, 11) is 0. The van der Waals surface area contributed by atoms with Crippen molar-refractivity contribution in [2.45, 2.75) is 58.5 Å². The Bertz CT molecular complexity index is 249. The number of likely N-dealkylation sites (N-methyl/N-ethyl adjacent to an activating group) is 1. The molecule has 106 valence electrons. The van der Waals surface area contributed by atoms with E-state index in [0.717, 1.165) is 25.6 Å². The van der Waals surface area contributed by atoms with Gasteiger partial charge < -0.3 is 16.0 Å². The van der Waals surface area contributed by atoms with Crippen LogP contribution >= 0.6 is 0 Å². The minimum absolute atomic E-state index is 0.188. The van der Waals surface area contributed by atoms with Crippen LogP contribution in [0, 0.1) is 5.92 Å². The molecule has 0 aromatic heterocycles. The quantitative estimate of drug-likeness (QED) is 0.619. The Morgan fingerprint density at radius 3 is 2.28 bits per heavy atom. The lowest BCUT2D eigenvalue weighted by atomic mass is 10.0. The van der Waals surface area contributed by atoms with E-state index in [-0.39, 0.29) is 11.9 Å². The molecule has 18 heavy (non-hydrogen) atoms. The van der Waals surface area contributed by atoms with Crippen molar-refractivity contribution in [3.05, 3.63) is 0 Å². The molecular weight excluding hydrogens is 226 g/mol. The van der Waals surface area contributed by atoms with Crippen LogP contribution in [0.1, 0.15) is 46.5 Å². The van der Waals surface area contributed by atoms with E-state index < -0.39 is 0 Å². The molecule has 0 spiro atoms. The Hall–Kier alpha value is -0.610. The van der Waals surface area contributed by atoms with Gasteiger partial charge in [0, 0.05) is 19.1 Å². The van der Waals surface area contributed by atoms with Crippen LogP contribution in [0.25, 0.3) is 0 Å². The fourth-order valence-corrected chi connectivity index (χ4v) is 2.26. The largest absolute Gasteiger partial charge is 0.368 e. The first-order valence-electron chi connectivity index (χ1n) is 7.38. The zero-order valence-electron chi connectivity index (χ0n) is 12.1. The maximum absolute atomic E-state index is 11.5. The molecule has 1 aliphatic rings. The number of nitrogens with zero attached hydrogens (tertiary/aromatic N) is 1. The van der Waals surface area contributed by atoms with E-state index in [2.05, 4.69) is 31.0 Å². The van der Waals surface area contributed by atoms with Crippen LogP contribution in [0.5, 0.6) is 0 Å². The van der Waals surface area contributed by atoms with Crippen LogP contribution in [-0.4, -0.2) is 42.5 Å². The molecule has 1 unspecified atom stereocenters. The number of carbonyl (C=O) groups excluding carboxylic acids is 1. The van der Waals surface area contributed by atoms with Crippen molar-refractivity contribution in [1.29, 1.82) is 0 Å². The standard InChI is InChI=1S/C14H29N3O/c1-4-11(5-2)9-17(6-3)10-13(14(15)18)16-12-7-8-12/h11-13,16H,4-10H2,1-3H3,(H2,15,18). The molecule has 1 atom stereocenters. The monoisotopic (exact) mass is 255 g/mol. The number of carbonyl (C=O) groups is 1. The summed E-state index contributed by atoms with van der Waals surface area (Å²) >= 11 is 0. The normalized spacial score (nSPS) is 17.4. The number of amides is 1. The Morgan fingerprint density at radius 1 is 1.28 bits per heavy atom. The molecular formula is C14H29N3O. The number of primary amides is 1. The van der Waals surface area contributed by atoms with Gasteiger partial charge >= 0.3 is 0 Å². The maximum atomic E-state index is 11.5. The van der Waals surface area contributed by atoms with Crippen LogP contribution in [0.2, 0.25) is 0 Å². The minimum atomic E-state index is -0.218. The SMILES string of the molecule is CCC(CC)CN(CC)CC(NC1CC1)C(N)=O. The Balaban J connectivity index is 2.44. The molecule has 1 amide bonds. The number of hydrogen-bond acceptors (Lipinski definition) is 3. The molecule has 3 N–H and O–H groups in total. The molecule has 4 heteroatoms. The molecule has 1 aliphatic carbocycles. The number of nitrogens with two attached hydrogens (primary N) is 1. The van der Waals surface area contributed by atoms with Gasteiger partial charge in [-0.1, -0.05) is 33.6 Å². The molecule has 1 rings (SSSR count). The fourth-order valence-electron chi connectivity index (χ4n) is 2.26. The van der Waals surface area contributed by atoms with Crippen molar-refractivity contribution >= 4 is 5.91 Å². The first-order chi connectivity index (χ1) is 8.60. The molecule has 4 nitrogen and oxygen atoms in total. The average Bonchev–Trinajstić information content (AvgIpc) is 3.16. The van der Waals surface area contributed by atoms with E-state index >= 15 is 0 Å². The lowest BCUT2D eigenvalue weighted by Gasteiger charge is -2.28. The first-order valence-corrected chi connectivity index (χ1v) is 7.38. The van der Waals surface area contributed by atoms with E-state index in [0.29, 0.717) is 6.04 Å². The fraction of sp³-hybridized carbons (Fsp3) is 0.929. The Morgan fingerprint density at radius 2 is 1.89 bits per heavy atom. The molecule has 0 saturated heterocycles. The molecule has 1 fully saturated rings. The highest BCUT2D eigenvalue weighted by molar-refractivity contribution is 5.80. The molecule has 0 aromatic carbocycles. The molecule has 1 saturated carbocycles. The third-order valence-corrected chi connectivity index (χ3v) is 3.92. The third-order valence-electron chi connectivity index (χ3n) is 3.92. The predicted octanol–water partition coefficient (Wildman–Crippen LogP) is 1.35. The van der Waals surface area contributed by atoms with Crippen molar-refractivity contribution in [2.24, 2.45) is 11.7 Å². The number of hydrogen-bond donors (Lipinski definition) is 2. The summed E-state index contributed by atoms with van der Waals surface area (Å²) in [6.07, 6.45) is 4.76. The smallest absolute Gasteiger partial charge is 0.235 e. The molecule has 0 aliphatic heterocycles. The van der Waals surface area contributed by atoms with Gasteiger partial charge in [-0.25, -0.2) is 0 Å². The van der Waals surface area contributed by atoms with Gasteiger partial charge in [-0.2, -0.15) is 0 Å². The van der Waals surface area contributed by atoms with Crippen molar-refractivity contribution in [1.82, 2.24) is 10.2 Å². The summed E-state index contributed by atoms with van der Waals surface area (Å²) < 4.78 is 0. The van der Waals surface area contributed by atoms with E-state index in [1.165, 1.54) is 25.7 Å². The third kappa shape index (κ3) is 5.36. The van der Waals surface area contributed by atoms with Gasteiger partial charge in [0.1, 0.15) is 0 Å². The lowest BCUT2D eigenvalue weighted by molar-refractivity contribution is -0.120. The first kappa shape index (κ1) is 15.4. The van der Waals surface area contributed by atoms with Gasteiger partial charge in [0.2, 0.25) is 5.91 Å². The molecule has 0 radical (unpaired) electrons. The van der Waals surface area contributed by atoms with E-state index in [1.807, 2.05) is 0 Å². The Labute approximate surface area is 111 Å². The Kier molecular flexibility index (Phi) is 6.65. The summed E-state index contributed by atoms with van der Waals surface area (Å²) in [6.45, 7) is 9.41.